The smallest absolute Gasteiger partial charge is 1.00 e. The number of esters is 1. The molecule has 34 heteroatoms. The molecule has 0 saturated carbocycles. The SMILES string of the molecule is CC(=O)[O-].CCN(CC[N+](C)(C)[O-])C(C)=O.CCNC(=O)CCC(=O)OC(CC(=O)[O-])C[N+](C)(C)C.CCS(=O)(=O)[O-].CC[N+](C)(C)C.CC[N+](C)(C)[O-].COP(=O)([O-])OCC[N+](C)(C)C.COP(=O)([O-])[O-].[Cl-].[Na+].[Na+]. The zero-order valence-electron chi connectivity index (χ0n) is 49.7. The summed E-state index contributed by atoms with van der Waals surface area (Å²) in [5, 5.41) is 43.7. The first kappa shape index (κ1) is 99.8. The Morgan fingerprint density at radius 3 is 1.27 bits per heavy atom. The van der Waals surface area contributed by atoms with Gasteiger partial charge in [-0.1, -0.05) is 6.92 Å². The number of nitrogens with zero attached hydrogens (tertiary/aromatic N) is 6. The van der Waals surface area contributed by atoms with Crippen LogP contribution in [0.5, 0.6) is 0 Å². The molecule has 0 rings (SSSR count). The number of hydrogen-bond acceptors (Lipinski definition) is 21. The van der Waals surface area contributed by atoms with E-state index >= 15 is 0 Å². The summed E-state index contributed by atoms with van der Waals surface area (Å²) in [5.41, 5.74) is 0. The largest absolute Gasteiger partial charge is 1.00 e. The number of hydrogen-bond donors (Lipinski definition) is 1. The van der Waals surface area contributed by atoms with Crippen molar-refractivity contribution >= 4 is 55.5 Å². The van der Waals surface area contributed by atoms with E-state index in [0.29, 0.717) is 54.8 Å². The van der Waals surface area contributed by atoms with Gasteiger partial charge in [-0.3, -0.25) is 18.9 Å². The average Bonchev–Trinajstić information content (AvgIpc) is 3.15. The Morgan fingerprint density at radius 1 is 0.680 bits per heavy atom. The number of quaternary nitrogens is 5. The van der Waals surface area contributed by atoms with Crippen molar-refractivity contribution in [3.63, 3.8) is 0 Å². The van der Waals surface area contributed by atoms with E-state index < -0.39 is 49.8 Å². The van der Waals surface area contributed by atoms with Gasteiger partial charge in [-0.05, 0) is 34.6 Å². The number of carboxylic acids is 2. The molecular formula is C41H94ClN7Na2O21P2S-2. The third-order valence-electron chi connectivity index (χ3n) is 7.63. The number of aliphatic carboxylic acids is 2. The first-order chi connectivity index (χ1) is 31.7. The van der Waals surface area contributed by atoms with Crippen LogP contribution in [-0.2, 0) is 61.5 Å². The van der Waals surface area contributed by atoms with Crippen molar-refractivity contribution in [3.8, 4) is 0 Å². The number of phosphoric acid groups is 2. The van der Waals surface area contributed by atoms with Crippen LogP contribution >= 0.6 is 15.6 Å². The van der Waals surface area contributed by atoms with E-state index in [1.54, 1.807) is 40.0 Å². The maximum Gasteiger partial charge on any atom is 1.00 e. The number of phosphoric ester groups is 2. The van der Waals surface area contributed by atoms with Crippen LogP contribution in [-0.4, -0.2) is 247 Å². The van der Waals surface area contributed by atoms with Crippen LogP contribution in [0.25, 0.3) is 0 Å². The van der Waals surface area contributed by atoms with Gasteiger partial charge >= 0.3 is 65.1 Å². The Hall–Kier alpha value is -0.510. The second kappa shape index (κ2) is 51.6. The zero-order valence-corrected chi connectivity index (χ0v) is 57.1. The van der Waals surface area contributed by atoms with Crippen molar-refractivity contribution in [2.24, 2.45) is 0 Å². The molecule has 0 spiro atoms. The summed E-state index contributed by atoms with van der Waals surface area (Å²) in [7, 11) is 13.7. The number of rotatable bonds is 22. The molecule has 0 aromatic carbocycles. The molecule has 2 amide bonds. The minimum atomic E-state index is -4.65. The first-order valence-electron chi connectivity index (χ1n) is 22.4. The number of carboxylic acid groups (broad SMARTS) is 2. The molecule has 0 aliphatic heterocycles. The second-order valence-corrected chi connectivity index (χ2v) is 23.4. The number of hydroxylamine groups is 6. The third-order valence-corrected chi connectivity index (χ3v) is 9.73. The third kappa shape index (κ3) is 122. The van der Waals surface area contributed by atoms with Crippen molar-refractivity contribution in [3.05, 3.63) is 10.4 Å². The zero-order chi connectivity index (χ0) is 59.8. The number of carbonyl (C=O) groups is 5. The molecule has 0 aromatic rings. The van der Waals surface area contributed by atoms with E-state index in [1.807, 2.05) is 56.1 Å². The summed E-state index contributed by atoms with van der Waals surface area (Å²) in [6, 6.07) is 0. The predicted octanol–water partition coefficient (Wildman–Crippen LogP) is -12.0. The fourth-order valence-electron chi connectivity index (χ4n) is 3.07. The Kier molecular flexibility index (Phi) is 68.7. The van der Waals surface area contributed by atoms with E-state index in [4.69, 9.17) is 14.6 Å². The Morgan fingerprint density at radius 2 is 1.05 bits per heavy atom. The predicted molar refractivity (Wildman–Crippen MR) is 262 cm³/mol. The van der Waals surface area contributed by atoms with Gasteiger partial charge in [0, 0.05) is 64.8 Å². The van der Waals surface area contributed by atoms with Gasteiger partial charge in [0.2, 0.25) is 11.8 Å². The van der Waals surface area contributed by atoms with Gasteiger partial charge in [0.25, 0.3) is 7.82 Å². The van der Waals surface area contributed by atoms with Crippen molar-refractivity contribution in [2.45, 2.75) is 73.8 Å². The van der Waals surface area contributed by atoms with Crippen molar-refractivity contribution in [1.29, 1.82) is 0 Å². The minimum Gasteiger partial charge on any atom is -1.00 e. The van der Waals surface area contributed by atoms with E-state index in [0.717, 1.165) is 25.6 Å². The quantitative estimate of drug-likeness (QED) is 0.0263. The molecule has 2 unspecified atom stereocenters. The van der Waals surface area contributed by atoms with Crippen LogP contribution in [0.15, 0.2) is 0 Å². The Balaban J connectivity index is -0.0000000730. The van der Waals surface area contributed by atoms with E-state index in [-0.39, 0.29) is 124 Å². The topological polar surface area (TPSA) is 390 Å². The molecule has 0 heterocycles. The van der Waals surface area contributed by atoms with Crippen molar-refractivity contribution in [1.82, 2.24) is 10.2 Å². The van der Waals surface area contributed by atoms with E-state index in [2.05, 4.69) is 47.0 Å². The van der Waals surface area contributed by atoms with Gasteiger partial charge in [-0.15, -0.1) is 0 Å². The number of ether oxygens (including phenoxy) is 1. The molecule has 1 N–H and O–H groups in total. The molecule has 0 aromatic heterocycles. The van der Waals surface area contributed by atoms with Crippen molar-refractivity contribution < 1.29 is 184 Å². The van der Waals surface area contributed by atoms with Crippen LogP contribution in [0.3, 0.4) is 0 Å². The van der Waals surface area contributed by atoms with E-state index in [1.165, 1.54) is 20.4 Å². The Bertz CT molecular complexity index is 1640. The number of halogens is 1. The summed E-state index contributed by atoms with van der Waals surface area (Å²) < 4.78 is 67.0. The molecule has 446 valence electrons. The van der Waals surface area contributed by atoms with Gasteiger partial charge in [-0.25, -0.2) is 8.42 Å². The summed E-state index contributed by atoms with van der Waals surface area (Å²) in [4.78, 5) is 84.1. The minimum absolute atomic E-state index is 0. The molecular weight excluding hydrogens is 1100 g/mol. The molecule has 0 saturated heterocycles. The standard InChI is InChI=1S/C13H24N2O5.C8H18N2O2.C6H16NO4P.C5H14N.C4H11NO.C2H6O3S.C2H4O2.CH5O4P.ClH.2Na/c1-5-14-11(16)6-7-13(19)20-10(8-12(17)18)9-15(2,3)4;1-5-9(8(2)11)6-7-10(3,4)12;1-7(2,3)5-6-11-12(8,9)10-4;1-5-6(2,3)4;1-4-5(2,3)6;1-2-6(3,4)5;1-2(3)4;1-5-6(2,3)4;;;/h10H,5-9H2,1-4H3,(H-,14,16,17,18);5-7H2,1-4H3;5-6H2,1-4H3;5H2,1-4H3;4H2,1-3H3;2H2,1H3,(H,3,4,5);1H3,(H,3,4);1H3,(H2,2,3,4);1H;;/q;;;+1;;;;;;2*+1/p-5. The molecule has 0 aliphatic carbocycles. The molecule has 75 heavy (non-hydrogen) atoms. The molecule has 0 radical (unpaired) electrons. The molecule has 0 fully saturated rings. The van der Waals surface area contributed by atoms with Crippen molar-refractivity contribution in [2.75, 3.05) is 171 Å². The van der Waals surface area contributed by atoms with Crippen LogP contribution in [0, 0.1) is 10.4 Å². The molecule has 0 bridgehead atoms. The maximum atomic E-state index is 11.6. The van der Waals surface area contributed by atoms with Gasteiger partial charge < -0.3 is 118 Å². The normalized spacial score (nSPS) is 12.1. The summed E-state index contributed by atoms with van der Waals surface area (Å²) in [6.07, 6.45) is -1.12. The van der Waals surface area contributed by atoms with Gasteiger partial charge in [-0.2, -0.15) is 0 Å². The summed E-state index contributed by atoms with van der Waals surface area (Å²) >= 11 is 0. The van der Waals surface area contributed by atoms with Crippen LogP contribution in [0.1, 0.15) is 67.7 Å². The summed E-state index contributed by atoms with van der Waals surface area (Å²) in [5.74, 6) is -3.43. The van der Waals surface area contributed by atoms with Gasteiger partial charge in [0.05, 0.1) is 142 Å². The van der Waals surface area contributed by atoms with Gasteiger partial charge in [0.1, 0.15) is 19.7 Å². The first-order valence-corrected chi connectivity index (χ1v) is 26.9. The number of amides is 2. The fraction of sp³-hybridized carbons (Fsp3) is 0.878. The number of nitrogens with one attached hydrogen (secondary N) is 1. The van der Waals surface area contributed by atoms with Crippen LogP contribution in [0.2, 0.25) is 0 Å². The second-order valence-electron chi connectivity index (χ2n) is 19.0. The Labute approximate surface area is 500 Å². The average molecular weight is 1200 g/mol. The maximum absolute atomic E-state index is 11.6. The van der Waals surface area contributed by atoms with E-state index in [9.17, 15) is 71.5 Å². The fourth-order valence-corrected chi connectivity index (χ4v) is 3.48. The number of likely N-dealkylation sites (N-methyl/N-ethyl adjacent to an activating group) is 4. The monoisotopic (exact) mass is 1200 g/mol. The molecule has 2 atom stereocenters. The van der Waals surface area contributed by atoms with Crippen LogP contribution in [0.4, 0.5) is 0 Å². The van der Waals surface area contributed by atoms with Gasteiger partial charge in [0.15, 0.2) is 6.10 Å². The number of carbonyl (C=O) groups excluding carboxylic acids is 5. The van der Waals surface area contributed by atoms with Crippen LogP contribution < -0.4 is 102 Å². The summed E-state index contributed by atoms with van der Waals surface area (Å²) in [6.45, 7) is 16.7. The molecule has 0 aliphatic rings. The molecule has 28 nitrogen and oxygen atoms in total.